The van der Waals surface area contributed by atoms with E-state index in [1.54, 1.807) is 0 Å². The van der Waals surface area contributed by atoms with Gasteiger partial charge in [0.05, 0.1) is 5.25 Å². The predicted molar refractivity (Wildman–Crippen MR) is 101 cm³/mol. The summed E-state index contributed by atoms with van der Waals surface area (Å²) >= 11 is 7.01. The SMILES string of the molecule is CC(SC(=S)N1CCN(C)CC1)C(=O)Cc1ccccc1.Cl. The third-order valence-electron chi connectivity index (χ3n) is 3.71. The van der Waals surface area contributed by atoms with Gasteiger partial charge in [-0.25, -0.2) is 0 Å². The molecule has 0 amide bonds. The first-order valence-electron chi connectivity index (χ1n) is 7.27. The van der Waals surface area contributed by atoms with Crippen molar-refractivity contribution in [2.24, 2.45) is 0 Å². The quantitative estimate of drug-likeness (QED) is 0.770. The van der Waals surface area contributed by atoms with Gasteiger partial charge in [0, 0.05) is 32.6 Å². The fourth-order valence-electron chi connectivity index (χ4n) is 2.22. The van der Waals surface area contributed by atoms with E-state index in [9.17, 15) is 4.79 Å². The van der Waals surface area contributed by atoms with E-state index in [0.29, 0.717) is 6.42 Å². The predicted octanol–water partition coefficient (Wildman–Crippen LogP) is 2.87. The molecule has 1 fully saturated rings. The molecular formula is C16H23ClN2OS2. The van der Waals surface area contributed by atoms with Crippen molar-refractivity contribution in [1.29, 1.82) is 0 Å². The summed E-state index contributed by atoms with van der Waals surface area (Å²) in [6, 6.07) is 9.89. The Morgan fingerprint density at radius 3 is 2.41 bits per heavy atom. The molecule has 0 spiro atoms. The molecule has 1 aliphatic rings. The maximum atomic E-state index is 12.3. The molecule has 0 aromatic heterocycles. The first kappa shape index (κ1) is 19.4. The van der Waals surface area contributed by atoms with Crippen molar-refractivity contribution < 1.29 is 4.79 Å². The van der Waals surface area contributed by atoms with Gasteiger partial charge >= 0.3 is 0 Å². The Hall–Kier alpha value is -0.620. The van der Waals surface area contributed by atoms with Gasteiger partial charge in [0.1, 0.15) is 10.1 Å². The van der Waals surface area contributed by atoms with Crippen LogP contribution in [-0.4, -0.2) is 58.4 Å². The molecule has 2 rings (SSSR count). The van der Waals surface area contributed by atoms with Crippen LogP contribution in [0.25, 0.3) is 0 Å². The highest BCUT2D eigenvalue weighted by atomic mass is 35.5. The van der Waals surface area contributed by atoms with Crippen molar-refractivity contribution in [1.82, 2.24) is 9.80 Å². The second-order valence-corrected chi connectivity index (χ2v) is 7.42. The number of thioether (sulfide) groups is 1. The fraction of sp³-hybridized carbons (Fsp3) is 0.500. The number of piperazine rings is 1. The number of benzene rings is 1. The number of likely N-dealkylation sites (N-methyl/N-ethyl adjacent to an activating group) is 1. The third kappa shape index (κ3) is 5.88. The molecule has 3 nitrogen and oxygen atoms in total. The van der Waals surface area contributed by atoms with Crippen molar-refractivity contribution in [3.05, 3.63) is 35.9 Å². The standard InChI is InChI=1S/C16H22N2OS2.ClH/c1-13(15(19)12-14-6-4-3-5-7-14)21-16(20)18-10-8-17(2)9-11-18;/h3-7,13H,8-12H2,1-2H3;1H. The second-order valence-electron chi connectivity index (χ2n) is 5.44. The minimum Gasteiger partial charge on any atom is -0.355 e. The average molecular weight is 359 g/mol. The van der Waals surface area contributed by atoms with Gasteiger partial charge in [-0.3, -0.25) is 4.79 Å². The molecule has 122 valence electrons. The normalized spacial score (nSPS) is 16.7. The number of Topliss-reactive ketones (excluding diaryl/α,β-unsaturated/α-hetero) is 1. The number of halogens is 1. The van der Waals surface area contributed by atoms with E-state index in [4.69, 9.17) is 12.2 Å². The van der Waals surface area contributed by atoms with E-state index < -0.39 is 0 Å². The summed E-state index contributed by atoms with van der Waals surface area (Å²) in [7, 11) is 2.12. The zero-order valence-corrected chi connectivity index (χ0v) is 15.5. The van der Waals surface area contributed by atoms with Crippen molar-refractivity contribution in [3.63, 3.8) is 0 Å². The van der Waals surface area contributed by atoms with E-state index in [1.807, 2.05) is 37.3 Å². The monoisotopic (exact) mass is 358 g/mol. The molecule has 6 heteroatoms. The van der Waals surface area contributed by atoms with E-state index in [1.165, 1.54) is 11.8 Å². The van der Waals surface area contributed by atoms with E-state index >= 15 is 0 Å². The van der Waals surface area contributed by atoms with Gasteiger partial charge in [0.2, 0.25) is 0 Å². The van der Waals surface area contributed by atoms with Gasteiger partial charge in [0.25, 0.3) is 0 Å². The van der Waals surface area contributed by atoms with Gasteiger partial charge < -0.3 is 9.80 Å². The van der Waals surface area contributed by atoms with Crippen LogP contribution in [0.4, 0.5) is 0 Å². The smallest absolute Gasteiger partial charge is 0.150 e. The Morgan fingerprint density at radius 2 is 1.82 bits per heavy atom. The second kappa shape index (κ2) is 9.50. The molecular weight excluding hydrogens is 336 g/mol. The van der Waals surface area contributed by atoms with Crippen LogP contribution in [0.1, 0.15) is 12.5 Å². The van der Waals surface area contributed by atoms with Crippen LogP contribution < -0.4 is 0 Å². The maximum absolute atomic E-state index is 12.3. The highest BCUT2D eigenvalue weighted by Crippen LogP contribution is 2.19. The molecule has 1 aliphatic heterocycles. The average Bonchev–Trinajstić information content (AvgIpc) is 2.48. The highest BCUT2D eigenvalue weighted by molar-refractivity contribution is 8.23. The largest absolute Gasteiger partial charge is 0.355 e. The Kier molecular flexibility index (Phi) is 8.39. The van der Waals surface area contributed by atoms with Crippen LogP contribution in [0.2, 0.25) is 0 Å². The zero-order valence-electron chi connectivity index (χ0n) is 13.0. The number of carbonyl (C=O) groups is 1. The summed E-state index contributed by atoms with van der Waals surface area (Å²) in [5.74, 6) is 0.239. The van der Waals surface area contributed by atoms with E-state index in [2.05, 4.69) is 16.8 Å². The van der Waals surface area contributed by atoms with Crippen molar-refractivity contribution in [2.75, 3.05) is 33.2 Å². The minimum atomic E-state index is -0.0858. The summed E-state index contributed by atoms with van der Waals surface area (Å²) in [6.45, 7) is 5.95. The molecule has 0 N–H and O–H groups in total. The van der Waals surface area contributed by atoms with Crippen LogP contribution in [0, 0.1) is 0 Å². The lowest BCUT2D eigenvalue weighted by molar-refractivity contribution is -0.117. The number of carbonyl (C=O) groups excluding carboxylic acids is 1. The molecule has 0 aliphatic carbocycles. The van der Waals surface area contributed by atoms with Crippen LogP contribution in [-0.2, 0) is 11.2 Å². The first-order chi connectivity index (χ1) is 10.1. The molecule has 1 heterocycles. The number of thiocarbonyl (C=S) groups is 1. The van der Waals surface area contributed by atoms with E-state index in [0.717, 1.165) is 36.1 Å². The lowest BCUT2D eigenvalue weighted by Gasteiger charge is -2.34. The third-order valence-corrected chi connectivity index (χ3v) is 5.34. The minimum absolute atomic E-state index is 0. The maximum Gasteiger partial charge on any atom is 0.150 e. The fourth-order valence-corrected chi connectivity index (χ4v) is 3.69. The molecule has 1 atom stereocenters. The molecule has 1 saturated heterocycles. The molecule has 0 saturated carbocycles. The molecule has 0 radical (unpaired) electrons. The Morgan fingerprint density at radius 1 is 1.23 bits per heavy atom. The summed E-state index contributed by atoms with van der Waals surface area (Å²) in [5.41, 5.74) is 1.07. The number of hydrogen-bond acceptors (Lipinski definition) is 4. The summed E-state index contributed by atoms with van der Waals surface area (Å²) in [4.78, 5) is 16.8. The topological polar surface area (TPSA) is 23.6 Å². The van der Waals surface area contributed by atoms with Gasteiger partial charge in [-0.1, -0.05) is 54.3 Å². The molecule has 1 aromatic carbocycles. The first-order valence-corrected chi connectivity index (χ1v) is 8.56. The Balaban J connectivity index is 0.00000242. The summed E-state index contributed by atoms with van der Waals surface area (Å²) < 4.78 is 0.858. The van der Waals surface area contributed by atoms with Crippen LogP contribution in [0.15, 0.2) is 30.3 Å². The lowest BCUT2D eigenvalue weighted by Crippen LogP contribution is -2.46. The molecule has 0 bridgehead atoms. The number of nitrogens with zero attached hydrogens (tertiary/aromatic N) is 2. The van der Waals surface area contributed by atoms with Crippen LogP contribution >= 0.6 is 36.4 Å². The Labute approximate surface area is 148 Å². The van der Waals surface area contributed by atoms with E-state index in [-0.39, 0.29) is 23.4 Å². The van der Waals surface area contributed by atoms with Gasteiger partial charge in [-0.2, -0.15) is 0 Å². The number of rotatable bonds is 4. The van der Waals surface area contributed by atoms with Crippen molar-refractivity contribution >= 4 is 46.5 Å². The van der Waals surface area contributed by atoms with Crippen LogP contribution in [0.3, 0.4) is 0 Å². The zero-order chi connectivity index (χ0) is 15.2. The highest BCUT2D eigenvalue weighted by Gasteiger charge is 2.21. The van der Waals surface area contributed by atoms with Crippen molar-refractivity contribution in [2.45, 2.75) is 18.6 Å². The molecule has 1 unspecified atom stereocenters. The van der Waals surface area contributed by atoms with Gasteiger partial charge in [-0.05, 0) is 19.5 Å². The summed E-state index contributed by atoms with van der Waals surface area (Å²) in [6.07, 6.45) is 0.486. The number of hydrogen-bond donors (Lipinski definition) is 0. The van der Waals surface area contributed by atoms with Crippen LogP contribution in [0.5, 0.6) is 0 Å². The summed E-state index contributed by atoms with van der Waals surface area (Å²) in [5, 5.41) is -0.0858. The van der Waals surface area contributed by atoms with Crippen molar-refractivity contribution in [3.8, 4) is 0 Å². The van der Waals surface area contributed by atoms with Gasteiger partial charge in [0.15, 0.2) is 0 Å². The lowest BCUT2D eigenvalue weighted by atomic mass is 10.1. The Bertz CT molecular complexity index is 490. The molecule has 22 heavy (non-hydrogen) atoms. The molecule has 1 aromatic rings. The van der Waals surface area contributed by atoms with Gasteiger partial charge in [-0.15, -0.1) is 12.4 Å². The number of ketones is 1.